The Bertz CT molecular complexity index is 748. The van der Waals surface area contributed by atoms with E-state index in [2.05, 4.69) is 38.5 Å². The number of nitrogens with one attached hydrogen (secondary N) is 4. The van der Waals surface area contributed by atoms with Crippen molar-refractivity contribution in [1.82, 2.24) is 25.9 Å². The van der Waals surface area contributed by atoms with Gasteiger partial charge in [-0.3, -0.25) is 14.4 Å². The molecule has 14 heteroatoms. The summed E-state index contributed by atoms with van der Waals surface area (Å²) in [5.41, 5.74) is 11.9. The number of aliphatic hydroxyl groups excluding tert-OH is 1. The van der Waals surface area contributed by atoms with Gasteiger partial charge in [0.1, 0.15) is 18.1 Å². The van der Waals surface area contributed by atoms with Gasteiger partial charge in [0, 0.05) is 24.1 Å². The van der Waals surface area contributed by atoms with Gasteiger partial charge in [0.05, 0.1) is 19.0 Å². The van der Waals surface area contributed by atoms with E-state index in [1.807, 2.05) is 0 Å². The summed E-state index contributed by atoms with van der Waals surface area (Å²) in [5.74, 6) is -3.68. The van der Waals surface area contributed by atoms with Gasteiger partial charge in [-0.25, -0.2) is 9.78 Å². The van der Waals surface area contributed by atoms with E-state index in [4.69, 9.17) is 21.7 Å². The van der Waals surface area contributed by atoms with Crippen LogP contribution in [0.15, 0.2) is 12.5 Å². The maximum atomic E-state index is 12.9. The largest absolute Gasteiger partial charge is 0.480 e. The third-order valence-electron chi connectivity index (χ3n) is 4.53. The Morgan fingerprint density at radius 2 is 1.69 bits per heavy atom. The first-order chi connectivity index (χ1) is 15.2. The number of aromatic amines is 1. The molecule has 0 aromatic carbocycles. The summed E-state index contributed by atoms with van der Waals surface area (Å²) >= 11 is 4.02. The summed E-state index contributed by atoms with van der Waals surface area (Å²) < 4.78 is 0. The molecule has 0 radical (unpaired) electrons. The number of aromatic nitrogens is 2. The zero-order chi connectivity index (χ0) is 24.1. The average Bonchev–Trinajstić information content (AvgIpc) is 3.27. The molecule has 4 atom stereocenters. The third-order valence-corrected chi connectivity index (χ3v) is 4.90. The Labute approximate surface area is 190 Å². The second-order valence-electron chi connectivity index (χ2n) is 7.06. The van der Waals surface area contributed by atoms with Gasteiger partial charge in [0.25, 0.3) is 0 Å². The highest BCUT2D eigenvalue weighted by molar-refractivity contribution is 7.80. The molecule has 3 amide bonds. The number of nitrogens with zero attached hydrogens (tertiary/aromatic N) is 1. The molecule has 0 fully saturated rings. The Morgan fingerprint density at radius 3 is 2.22 bits per heavy atom. The Morgan fingerprint density at radius 1 is 1.06 bits per heavy atom. The topological polar surface area (TPSA) is 226 Å². The number of aliphatic carboxylic acids is 1. The van der Waals surface area contributed by atoms with Crippen LogP contribution in [0.5, 0.6) is 0 Å². The van der Waals surface area contributed by atoms with E-state index in [-0.39, 0.29) is 12.2 Å². The van der Waals surface area contributed by atoms with Crippen LogP contribution in [-0.4, -0.2) is 86.9 Å². The Kier molecular flexibility index (Phi) is 12.3. The zero-order valence-corrected chi connectivity index (χ0v) is 18.4. The second kappa shape index (κ2) is 14.4. The Balaban J connectivity index is 2.86. The summed E-state index contributed by atoms with van der Waals surface area (Å²) in [4.78, 5) is 55.3. The number of nitrogens with two attached hydrogens (primary N) is 2. The summed E-state index contributed by atoms with van der Waals surface area (Å²) in [6, 6.07) is -4.68. The minimum atomic E-state index is -1.53. The number of H-pyrrole nitrogens is 1. The molecule has 0 bridgehead atoms. The molecule has 0 aliphatic heterocycles. The molecule has 1 rings (SSSR count). The molecule has 0 aliphatic carbocycles. The molecule has 180 valence electrons. The summed E-state index contributed by atoms with van der Waals surface area (Å²) in [7, 11) is 0. The molecule has 0 saturated carbocycles. The van der Waals surface area contributed by atoms with Crippen molar-refractivity contribution in [2.75, 3.05) is 18.9 Å². The molecule has 0 spiro atoms. The molecular weight excluding hydrogens is 442 g/mol. The van der Waals surface area contributed by atoms with Crippen molar-refractivity contribution in [2.24, 2.45) is 11.5 Å². The summed E-state index contributed by atoms with van der Waals surface area (Å²) in [5, 5.41) is 25.1. The van der Waals surface area contributed by atoms with Crippen molar-refractivity contribution in [3.05, 3.63) is 18.2 Å². The number of hydrogen-bond donors (Lipinski definition) is 9. The highest BCUT2D eigenvalue weighted by Gasteiger charge is 2.30. The number of carboxylic acids is 1. The minimum absolute atomic E-state index is 0.0440. The molecule has 4 unspecified atom stereocenters. The molecular formula is C18H31N7O6S. The molecule has 0 saturated heterocycles. The lowest BCUT2D eigenvalue weighted by atomic mass is 10.1. The van der Waals surface area contributed by atoms with Crippen molar-refractivity contribution >= 4 is 36.3 Å². The van der Waals surface area contributed by atoms with E-state index >= 15 is 0 Å². The molecule has 10 N–H and O–H groups in total. The van der Waals surface area contributed by atoms with Crippen molar-refractivity contribution in [1.29, 1.82) is 0 Å². The number of aliphatic hydroxyl groups is 1. The normalized spacial score (nSPS) is 14.6. The monoisotopic (exact) mass is 473 g/mol. The second-order valence-corrected chi connectivity index (χ2v) is 7.42. The fourth-order valence-corrected chi connectivity index (χ4v) is 2.93. The first kappa shape index (κ1) is 27.4. The highest BCUT2D eigenvalue weighted by atomic mass is 32.1. The van der Waals surface area contributed by atoms with Gasteiger partial charge in [-0.05, 0) is 19.4 Å². The third kappa shape index (κ3) is 9.21. The number of carboxylic acid groups (broad SMARTS) is 1. The average molecular weight is 474 g/mol. The lowest BCUT2D eigenvalue weighted by molar-refractivity contribution is -0.143. The molecule has 1 aromatic rings. The van der Waals surface area contributed by atoms with Crippen LogP contribution in [0.1, 0.15) is 25.0 Å². The molecule has 13 nitrogen and oxygen atoms in total. The van der Waals surface area contributed by atoms with Gasteiger partial charge in [-0.2, -0.15) is 12.6 Å². The number of hydrogen-bond acceptors (Lipinski definition) is 9. The van der Waals surface area contributed by atoms with Gasteiger partial charge in [-0.15, -0.1) is 0 Å². The number of unbranched alkanes of at least 4 members (excludes halogenated alkanes) is 1. The van der Waals surface area contributed by atoms with Crippen LogP contribution in [0.3, 0.4) is 0 Å². The number of imidazole rings is 1. The van der Waals surface area contributed by atoms with Crippen LogP contribution in [0.25, 0.3) is 0 Å². The molecule has 0 aliphatic rings. The lowest BCUT2D eigenvalue weighted by Crippen LogP contribution is -2.58. The van der Waals surface area contributed by atoms with E-state index in [9.17, 15) is 19.2 Å². The quantitative estimate of drug-likeness (QED) is 0.0925. The summed E-state index contributed by atoms with van der Waals surface area (Å²) in [6.07, 6.45) is 4.69. The van der Waals surface area contributed by atoms with Crippen molar-refractivity contribution in [2.45, 2.75) is 49.9 Å². The SMILES string of the molecule is NCCCCC(N)C(=O)NC(Cc1cnc[nH]1)C(=O)NC(CS)C(=O)NC(CO)C(=O)O. The molecule has 1 heterocycles. The standard InChI is InChI=1S/C18H31N7O6S/c19-4-2-1-3-11(20)15(27)23-12(5-10-6-21-9-22-10)16(28)25-14(8-32)17(29)24-13(7-26)18(30)31/h6,9,11-14,26,32H,1-5,7-8,19-20H2,(H,21,22)(H,23,27)(H,24,29)(H,25,28)(H,30,31). The van der Waals surface area contributed by atoms with Gasteiger partial charge in [-0.1, -0.05) is 6.42 Å². The predicted molar refractivity (Wildman–Crippen MR) is 118 cm³/mol. The van der Waals surface area contributed by atoms with E-state index in [1.54, 1.807) is 0 Å². The smallest absolute Gasteiger partial charge is 0.328 e. The first-order valence-electron chi connectivity index (χ1n) is 10.0. The van der Waals surface area contributed by atoms with E-state index in [0.29, 0.717) is 31.5 Å². The molecule has 32 heavy (non-hydrogen) atoms. The maximum absolute atomic E-state index is 12.9. The zero-order valence-electron chi connectivity index (χ0n) is 17.5. The van der Waals surface area contributed by atoms with Crippen molar-refractivity contribution in [3.8, 4) is 0 Å². The number of carbonyl (C=O) groups excluding carboxylic acids is 3. The van der Waals surface area contributed by atoms with Crippen LogP contribution in [0, 0.1) is 0 Å². The van der Waals surface area contributed by atoms with E-state index < -0.39 is 54.5 Å². The van der Waals surface area contributed by atoms with Gasteiger partial charge < -0.3 is 42.6 Å². The Hall–Kier alpha value is -2.68. The van der Waals surface area contributed by atoms with Crippen LogP contribution in [-0.2, 0) is 25.6 Å². The number of amides is 3. The number of rotatable bonds is 15. The fraction of sp³-hybridized carbons (Fsp3) is 0.611. The van der Waals surface area contributed by atoms with Crippen molar-refractivity contribution in [3.63, 3.8) is 0 Å². The molecule has 1 aromatic heterocycles. The van der Waals surface area contributed by atoms with Crippen LogP contribution in [0.2, 0.25) is 0 Å². The predicted octanol–water partition coefficient (Wildman–Crippen LogP) is -3.13. The summed E-state index contributed by atoms with van der Waals surface area (Å²) in [6.45, 7) is -0.347. The fourth-order valence-electron chi connectivity index (χ4n) is 2.67. The van der Waals surface area contributed by atoms with Crippen LogP contribution in [0.4, 0.5) is 0 Å². The van der Waals surface area contributed by atoms with Crippen LogP contribution < -0.4 is 27.4 Å². The number of carbonyl (C=O) groups is 4. The van der Waals surface area contributed by atoms with Gasteiger partial charge in [0.2, 0.25) is 17.7 Å². The lowest BCUT2D eigenvalue weighted by Gasteiger charge is -2.24. The van der Waals surface area contributed by atoms with E-state index in [1.165, 1.54) is 12.5 Å². The van der Waals surface area contributed by atoms with Gasteiger partial charge >= 0.3 is 5.97 Å². The van der Waals surface area contributed by atoms with Gasteiger partial charge in [0.15, 0.2) is 0 Å². The first-order valence-corrected chi connectivity index (χ1v) is 10.6. The maximum Gasteiger partial charge on any atom is 0.328 e. The van der Waals surface area contributed by atoms with Crippen LogP contribution >= 0.6 is 12.6 Å². The van der Waals surface area contributed by atoms with Crippen molar-refractivity contribution < 1.29 is 29.4 Å². The highest BCUT2D eigenvalue weighted by Crippen LogP contribution is 2.04. The number of thiol groups is 1. The minimum Gasteiger partial charge on any atom is -0.480 e. The van der Waals surface area contributed by atoms with E-state index in [0.717, 1.165) is 0 Å².